The van der Waals surface area contributed by atoms with Crippen molar-refractivity contribution < 1.29 is 19.5 Å². The highest BCUT2D eigenvalue weighted by atomic mass is 32.2. The number of carbonyl (C=O) groups is 3. The maximum atomic E-state index is 14.1. The van der Waals surface area contributed by atoms with Gasteiger partial charge in [0.15, 0.2) is 0 Å². The second kappa shape index (κ2) is 15.7. The summed E-state index contributed by atoms with van der Waals surface area (Å²) in [5.74, 6) is 0.0467. The molecule has 11 heteroatoms. The Bertz CT molecular complexity index is 1500. The highest BCUT2D eigenvalue weighted by molar-refractivity contribution is 8.00. The van der Waals surface area contributed by atoms with Gasteiger partial charge in [-0.15, -0.1) is 23.5 Å². The Morgan fingerprint density at radius 1 is 1.11 bits per heavy atom. The van der Waals surface area contributed by atoms with Crippen LogP contribution in [0.3, 0.4) is 0 Å². The number of carbonyl (C=O) groups excluding carboxylic acids is 3. The largest absolute Gasteiger partial charge is 0.392 e. The molecule has 1 aliphatic rings. The molecule has 2 atom stereocenters. The number of hydrogen-bond acceptors (Lipinski definition) is 7. The summed E-state index contributed by atoms with van der Waals surface area (Å²) < 4.78 is 0. The molecule has 0 aromatic heterocycles. The number of amides is 4. The van der Waals surface area contributed by atoms with Crippen LogP contribution in [0.1, 0.15) is 38.3 Å². The molecule has 0 fully saturated rings. The molecule has 240 valence electrons. The standard InChI is InChI=1S/C34H43N5O4S2/c1-22(40)18-37-34(2,3)17-31(41)38-28-21-45-30-16-26(44-5)14-15-29(30)39(32(28)42)20-23-10-12-24(13-11-23)27-9-7-6-8-25(27)19-36-33(43)35-4/h6-16,22,28,37,40H,17-21H2,1-5H3,(H,38,41)(H2,35,36,43)/t22-,28-/m1/s1. The molecule has 4 rings (SSSR count). The number of nitrogens with one attached hydrogen (secondary N) is 4. The molecule has 0 unspecified atom stereocenters. The Morgan fingerprint density at radius 3 is 2.53 bits per heavy atom. The fourth-order valence-electron chi connectivity index (χ4n) is 5.10. The van der Waals surface area contributed by atoms with Gasteiger partial charge in [0.1, 0.15) is 6.04 Å². The zero-order chi connectivity index (χ0) is 32.6. The lowest BCUT2D eigenvalue weighted by Crippen LogP contribution is -2.52. The molecule has 0 aliphatic carbocycles. The zero-order valence-electron chi connectivity index (χ0n) is 26.5. The van der Waals surface area contributed by atoms with E-state index in [0.717, 1.165) is 37.7 Å². The summed E-state index contributed by atoms with van der Waals surface area (Å²) >= 11 is 3.22. The van der Waals surface area contributed by atoms with Crippen molar-refractivity contribution in [2.24, 2.45) is 0 Å². The summed E-state index contributed by atoms with van der Waals surface area (Å²) in [7, 11) is 1.59. The minimum Gasteiger partial charge on any atom is -0.392 e. The van der Waals surface area contributed by atoms with E-state index in [9.17, 15) is 19.5 Å². The van der Waals surface area contributed by atoms with Gasteiger partial charge >= 0.3 is 6.03 Å². The molecular formula is C34H43N5O4S2. The van der Waals surface area contributed by atoms with Gasteiger partial charge in [0.05, 0.1) is 18.3 Å². The summed E-state index contributed by atoms with van der Waals surface area (Å²) in [5.41, 5.74) is 4.26. The summed E-state index contributed by atoms with van der Waals surface area (Å²) in [6.07, 6.45) is 1.66. The van der Waals surface area contributed by atoms with Crippen molar-refractivity contribution >= 4 is 47.1 Å². The van der Waals surface area contributed by atoms with Crippen LogP contribution in [0.15, 0.2) is 76.5 Å². The van der Waals surface area contributed by atoms with Gasteiger partial charge in [-0.2, -0.15) is 0 Å². The van der Waals surface area contributed by atoms with E-state index in [-0.39, 0.29) is 24.3 Å². The molecule has 0 saturated carbocycles. The molecule has 4 amide bonds. The van der Waals surface area contributed by atoms with Crippen molar-refractivity contribution in [1.82, 2.24) is 21.3 Å². The van der Waals surface area contributed by atoms with Crippen LogP contribution in [0.25, 0.3) is 11.1 Å². The van der Waals surface area contributed by atoms with Crippen LogP contribution in [-0.4, -0.2) is 66.2 Å². The van der Waals surface area contributed by atoms with Gasteiger partial charge in [0.2, 0.25) is 5.91 Å². The van der Waals surface area contributed by atoms with Gasteiger partial charge in [0, 0.05) is 47.6 Å². The summed E-state index contributed by atoms with van der Waals surface area (Å²) in [6.45, 7) is 6.62. The number of aliphatic hydroxyl groups is 1. The number of β-amino-alcohol motifs (C(OH)–C–C–N with tert-alkyl or cyclic N) is 1. The first-order chi connectivity index (χ1) is 21.5. The van der Waals surface area contributed by atoms with Crippen LogP contribution in [-0.2, 0) is 22.7 Å². The summed E-state index contributed by atoms with van der Waals surface area (Å²) in [4.78, 5) is 42.8. The fourth-order valence-corrected chi connectivity index (χ4v) is 6.73. The van der Waals surface area contributed by atoms with E-state index >= 15 is 0 Å². The van der Waals surface area contributed by atoms with Crippen molar-refractivity contribution in [2.75, 3.05) is 30.5 Å². The molecule has 0 saturated heterocycles. The lowest BCUT2D eigenvalue weighted by atomic mass is 9.98. The smallest absolute Gasteiger partial charge is 0.314 e. The van der Waals surface area contributed by atoms with Crippen LogP contribution in [0.5, 0.6) is 0 Å². The third-order valence-electron chi connectivity index (χ3n) is 7.53. The Labute approximate surface area is 274 Å². The van der Waals surface area contributed by atoms with E-state index in [0.29, 0.717) is 25.4 Å². The van der Waals surface area contributed by atoms with E-state index in [1.165, 1.54) is 0 Å². The highest BCUT2D eigenvalue weighted by Crippen LogP contribution is 2.38. The van der Waals surface area contributed by atoms with Gasteiger partial charge in [-0.3, -0.25) is 9.59 Å². The Balaban J connectivity index is 1.55. The van der Waals surface area contributed by atoms with E-state index in [1.54, 1.807) is 42.4 Å². The number of benzene rings is 3. The lowest BCUT2D eigenvalue weighted by Gasteiger charge is -2.29. The first-order valence-corrected chi connectivity index (χ1v) is 17.2. The molecule has 9 nitrogen and oxygen atoms in total. The first kappa shape index (κ1) is 34.4. The third kappa shape index (κ3) is 9.49. The minimum absolute atomic E-state index is 0.157. The van der Waals surface area contributed by atoms with E-state index in [1.807, 2.05) is 80.8 Å². The molecule has 3 aromatic carbocycles. The Hall–Kier alpha value is -3.51. The molecule has 5 N–H and O–H groups in total. The summed E-state index contributed by atoms with van der Waals surface area (Å²) in [6, 6.07) is 21.2. The van der Waals surface area contributed by atoms with Crippen LogP contribution in [0.4, 0.5) is 10.5 Å². The number of anilines is 1. The molecule has 1 aliphatic heterocycles. The van der Waals surface area contributed by atoms with Crippen LogP contribution in [0, 0.1) is 0 Å². The van der Waals surface area contributed by atoms with E-state index in [2.05, 4.69) is 27.3 Å². The van der Waals surface area contributed by atoms with E-state index in [4.69, 9.17) is 0 Å². The van der Waals surface area contributed by atoms with Crippen LogP contribution in [0.2, 0.25) is 0 Å². The second-order valence-corrected chi connectivity index (χ2v) is 13.7. The average Bonchev–Trinajstić information content (AvgIpc) is 3.15. The summed E-state index contributed by atoms with van der Waals surface area (Å²) in [5, 5.41) is 21.3. The van der Waals surface area contributed by atoms with Crippen molar-refractivity contribution in [2.45, 2.75) is 67.8 Å². The van der Waals surface area contributed by atoms with Crippen molar-refractivity contribution in [3.63, 3.8) is 0 Å². The second-order valence-electron chi connectivity index (χ2n) is 11.8. The van der Waals surface area contributed by atoms with E-state index < -0.39 is 17.7 Å². The molecular weight excluding hydrogens is 607 g/mol. The zero-order valence-corrected chi connectivity index (χ0v) is 28.1. The maximum Gasteiger partial charge on any atom is 0.314 e. The first-order valence-electron chi connectivity index (χ1n) is 15.0. The topological polar surface area (TPSA) is 123 Å². The van der Waals surface area contributed by atoms with Gasteiger partial charge in [-0.25, -0.2) is 4.79 Å². The number of urea groups is 1. The fraction of sp³-hybridized carbons (Fsp3) is 0.382. The average molecular weight is 650 g/mol. The lowest BCUT2D eigenvalue weighted by molar-refractivity contribution is -0.127. The SMILES string of the molecule is CNC(=O)NCc1ccccc1-c1ccc(CN2C(=O)[C@H](NC(=O)CC(C)(C)NC[C@@H](C)O)CSc3cc(SC)ccc32)cc1. The molecule has 0 spiro atoms. The monoisotopic (exact) mass is 649 g/mol. The van der Waals surface area contributed by atoms with Gasteiger partial charge < -0.3 is 31.3 Å². The highest BCUT2D eigenvalue weighted by Gasteiger charge is 2.33. The number of aliphatic hydroxyl groups excluding tert-OH is 1. The minimum atomic E-state index is -0.695. The number of thioether (sulfide) groups is 2. The number of nitrogens with zero attached hydrogens (tertiary/aromatic N) is 1. The van der Waals surface area contributed by atoms with Crippen molar-refractivity contribution in [3.05, 3.63) is 77.9 Å². The number of hydrogen-bond donors (Lipinski definition) is 5. The van der Waals surface area contributed by atoms with Crippen LogP contribution >= 0.6 is 23.5 Å². The van der Waals surface area contributed by atoms with Gasteiger partial charge in [-0.05, 0) is 67.5 Å². The Kier molecular flexibility index (Phi) is 12.0. The predicted octanol–water partition coefficient (Wildman–Crippen LogP) is 4.77. The van der Waals surface area contributed by atoms with Crippen LogP contribution < -0.4 is 26.2 Å². The quantitative estimate of drug-likeness (QED) is 0.179. The molecule has 0 radical (unpaired) electrons. The predicted molar refractivity (Wildman–Crippen MR) is 184 cm³/mol. The van der Waals surface area contributed by atoms with Crippen molar-refractivity contribution in [3.8, 4) is 11.1 Å². The Morgan fingerprint density at radius 2 is 1.84 bits per heavy atom. The third-order valence-corrected chi connectivity index (χ3v) is 9.39. The van der Waals surface area contributed by atoms with Gasteiger partial charge in [-0.1, -0.05) is 48.5 Å². The molecule has 0 bridgehead atoms. The number of rotatable bonds is 12. The normalized spacial score (nSPS) is 15.6. The van der Waals surface area contributed by atoms with Crippen molar-refractivity contribution in [1.29, 1.82) is 0 Å². The van der Waals surface area contributed by atoms with Gasteiger partial charge in [0.25, 0.3) is 5.91 Å². The molecule has 3 aromatic rings. The molecule has 1 heterocycles. The maximum absolute atomic E-state index is 14.1. The number of fused-ring (bicyclic) bond motifs is 1. The molecule has 45 heavy (non-hydrogen) atoms.